The monoisotopic (exact) mass is 472 g/mol. The lowest BCUT2D eigenvalue weighted by atomic mass is 10.2. The maximum absolute atomic E-state index is 13.1. The fourth-order valence-corrected chi connectivity index (χ4v) is 4.46. The summed E-state index contributed by atoms with van der Waals surface area (Å²) in [6.45, 7) is -0.503. The third kappa shape index (κ3) is 5.05. The number of para-hydroxylation sites is 2. The van der Waals surface area contributed by atoms with E-state index >= 15 is 0 Å². The molecular formula is C26H20N2O5S. The van der Waals surface area contributed by atoms with Gasteiger partial charge in [-0.1, -0.05) is 42.1 Å². The summed E-state index contributed by atoms with van der Waals surface area (Å²) >= 11 is 1.59. The van der Waals surface area contributed by atoms with Gasteiger partial charge in [-0.15, -0.1) is 0 Å². The Morgan fingerprint density at radius 1 is 1.00 bits per heavy atom. The van der Waals surface area contributed by atoms with Crippen molar-refractivity contribution in [2.75, 3.05) is 25.2 Å². The molecule has 8 heteroatoms. The zero-order valence-corrected chi connectivity index (χ0v) is 19.1. The van der Waals surface area contributed by atoms with Crippen LogP contribution in [0.25, 0.3) is 6.08 Å². The van der Waals surface area contributed by atoms with E-state index < -0.39 is 12.6 Å². The topological polar surface area (TPSA) is 88.9 Å². The maximum Gasteiger partial charge on any atom is 0.331 e. The lowest BCUT2D eigenvalue weighted by molar-refractivity contribution is -0.142. The molecular weight excluding hydrogens is 452 g/mol. The van der Waals surface area contributed by atoms with E-state index in [2.05, 4.69) is 0 Å². The first-order chi connectivity index (χ1) is 16.6. The number of carbonyl (C=O) groups is 2. The molecule has 1 aliphatic rings. The minimum Gasteiger partial charge on any atom is -0.493 e. The molecule has 0 radical (unpaired) electrons. The molecule has 34 heavy (non-hydrogen) atoms. The van der Waals surface area contributed by atoms with E-state index in [4.69, 9.17) is 19.5 Å². The van der Waals surface area contributed by atoms with Gasteiger partial charge in [0.05, 0.1) is 18.5 Å². The van der Waals surface area contributed by atoms with Crippen LogP contribution in [0.3, 0.4) is 0 Å². The van der Waals surface area contributed by atoms with Gasteiger partial charge in [0.2, 0.25) is 0 Å². The second-order valence-corrected chi connectivity index (χ2v) is 8.15. The Morgan fingerprint density at radius 2 is 1.68 bits per heavy atom. The van der Waals surface area contributed by atoms with Crippen molar-refractivity contribution in [1.82, 2.24) is 0 Å². The highest BCUT2D eigenvalue weighted by Gasteiger charge is 2.28. The van der Waals surface area contributed by atoms with E-state index in [0.29, 0.717) is 17.1 Å². The smallest absolute Gasteiger partial charge is 0.331 e. The summed E-state index contributed by atoms with van der Waals surface area (Å²) in [6.07, 6.45) is 2.79. The van der Waals surface area contributed by atoms with Crippen LogP contribution in [-0.4, -0.2) is 32.2 Å². The molecule has 0 aromatic heterocycles. The van der Waals surface area contributed by atoms with Gasteiger partial charge in [0, 0.05) is 15.9 Å². The van der Waals surface area contributed by atoms with Crippen molar-refractivity contribution in [3.05, 3.63) is 78.4 Å². The van der Waals surface area contributed by atoms with Crippen molar-refractivity contribution >= 4 is 41.1 Å². The van der Waals surface area contributed by atoms with Crippen molar-refractivity contribution in [2.45, 2.75) is 9.79 Å². The highest BCUT2D eigenvalue weighted by Crippen LogP contribution is 2.47. The number of methoxy groups -OCH3 is 1. The molecule has 1 amide bonds. The number of fused-ring (bicyclic) bond motifs is 2. The van der Waals surface area contributed by atoms with Gasteiger partial charge in [-0.3, -0.25) is 9.69 Å². The average Bonchev–Trinajstić information content (AvgIpc) is 2.88. The van der Waals surface area contributed by atoms with Gasteiger partial charge in [0.1, 0.15) is 6.07 Å². The Bertz CT molecular complexity index is 1250. The van der Waals surface area contributed by atoms with E-state index in [-0.39, 0.29) is 12.5 Å². The number of rotatable bonds is 7. The summed E-state index contributed by atoms with van der Waals surface area (Å²) in [5, 5.41) is 8.65. The van der Waals surface area contributed by atoms with E-state index in [9.17, 15) is 9.59 Å². The van der Waals surface area contributed by atoms with Crippen LogP contribution in [0.5, 0.6) is 11.5 Å². The summed E-state index contributed by atoms with van der Waals surface area (Å²) in [4.78, 5) is 28.9. The predicted molar refractivity (Wildman–Crippen MR) is 128 cm³/mol. The summed E-state index contributed by atoms with van der Waals surface area (Å²) in [6, 6.07) is 22.1. The zero-order chi connectivity index (χ0) is 23.9. The molecule has 0 saturated carbocycles. The molecule has 3 aromatic carbocycles. The van der Waals surface area contributed by atoms with Crippen LogP contribution in [0.2, 0.25) is 0 Å². The Hall–Kier alpha value is -4.22. The first kappa shape index (κ1) is 23.0. The maximum atomic E-state index is 13.1. The van der Waals surface area contributed by atoms with Gasteiger partial charge >= 0.3 is 5.97 Å². The summed E-state index contributed by atoms with van der Waals surface area (Å²) in [5.41, 5.74) is 2.18. The Balaban J connectivity index is 1.43. The molecule has 0 spiro atoms. The van der Waals surface area contributed by atoms with E-state index in [1.165, 1.54) is 13.2 Å². The molecule has 0 atom stereocenters. The van der Waals surface area contributed by atoms with Crippen LogP contribution in [0, 0.1) is 11.3 Å². The molecule has 4 rings (SSSR count). The quantitative estimate of drug-likeness (QED) is 0.354. The SMILES string of the molecule is COc1cc(C=CC(=O)OCC(=O)N2c3ccccc3Sc3ccccc32)ccc1OCC#N. The van der Waals surface area contributed by atoms with Gasteiger partial charge in [-0.05, 0) is 48.0 Å². The van der Waals surface area contributed by atoms with Gasteiger partial charge in [-0.25, -0.2) is 4.79 Å². The van der Waals surface area contributed by atoms with Crippen LogP contribution in [0.15, 0.2) is 82.6 Å². The fraction of sp³-hybridized carbons (Fsp3) is 0.115. The third-order valence-electron chi connectivity index (χ3n) is 4.91. The van der Waals surface area contributed by atoms with Gasteiger partial charge in [-0.2, -0.15) is 5.26 Å². The molecule has 0 saturated heterocycles. The van der Waals surface area contributed by atoms with E-state index in [1.807, 2.05) is 54.6 Å². The number of hydrogen-bond acceptors (Lipinski definition) is 7. The average molecular weight is 473 g/mol. The Morgan fingerprint density at radius 3 is 2.32 bits per heavy atom. The number of anilines is 2. The molecule has 0 unspecified atom stereocenters. The molecule has 0 bridgehead atoms. The summed E-state index contributed by atoms with van der Waals surface area (Å²) in [7, 11) is 1.48. The van der Waals surface area contributed by atoms with Crippen molar-refractivity contribution < 1.29 is 23.8 Å². The largest absolute Gasteiger partial charge is 0.493 e. The number of amides is 1. The normalized spacial score (nSPS) is 11.8. The minimum atomic E-state index is -0.648. The molecule has 0 fully saturated rings. The van der Waals surface area contributed by atoms with Crippen LogP contribution in [-0.2, 0) is 14.3 Å². The number of benzene rings is 3. The van der Waals surface area contributed by atoms with Crippen molar-refractivity contribution in [1.29, 1.82) is 5.26 Å². The summed E-state index contributed by atoms with van der Waals surface area (Å²) in [5.74, 6) is -0.136. The van der Waals surface area contributed by atoms with Crippen LogP contribution in [0.4, 0.5) is 11.4 Å². The third-order valence-corrected chi connectivity index (χ3v) is 6.04. The van der Waals surface area contributed by atoms with E-state index in [0.717, 1.165) is 21.2 Å². The van der Waals surface area contributed by atoms with Crippen LogP contribution in [0.1, 0.15) is 5.56 Å². The highest BCUT2D eigenvalue weighted by atomic mass is 32.2. The number of hydrogen-bond donors (Lipinski definition) is 0. The molecule has 7 nitrogen and oxygen atoms in total. The first-order valence-electron chi connectivity index (χ1n) is 10.3. The fourth-order valence-electron chi connectivity index (χ4n) is 3.40. The summed E-state index contributed by atoms with van der Waals surface area (Å²) < 4.78 is 15.8. The van der Waals surface area contributed by atoms with Gasteiger partial charge in [0.25, 0.3) is 5.91 Å². The van der Waals surface area contributed by atoms with Crippen LogP contribution >= 0.6 is 11.8 Å². The van der Waals surface area contributed by atoms with Crippen LogP contribution < -0.4 is 14.4 Å². The molecule has 170 valence electrons. The lowest BCUT2D eigenvalue weighted by Crippen LogP contribution is -2.32. The molecule has 0 aliphatic carbocycles. The molecule has 1 heterocycles. The zero-order valence-electron chi connectivity index (χ0n) is 18.3. The Kier molecular flexibility index (Phi) is 7.16. The molecule has 1 aliphatic heterocycles. The minimum absolute atomic E-state index is 0.101. The second kappa shape index (κ2) is 10.6. The van der Waals surface area contributed by atoms with E-state index in [1.54, 1.807) is 40.9 Å². The predicted octanol–water partition coefficient (Wildman–Crippen LogP) is 4.98. The molecule has 3 aromatic rings. The number of carbonyl (C=O) groups excluding carboxylic acids is 2. The molecule has 0 N–H and O–H groups in total. The van der Waals surface area contributed by atoms with Crippen molar-refractivity contribution in [3.8, 4) is 17.6 Å². The highest BCUT2D eigenvalue weighted by molar-refractivity contribution is 7.99. The Labute approximate surface area is 201 Å². The number of nitrogens with zero attached hydrogens (tertiary/aromatic N) is 2. The second-order valence-electron chi connectivity index (χ2n) is 7.06. The van der Waals surface area contributed by atoms with Crippen molar-refractivity contribution in [3.63, 3.8) is 0 Å². The van der Waals surface area contributed by atoms with Gasteiger partial charge < -0.3 is 14.2 Å². The lowest BCUT2D eigenvalue weighted by Gasteiger charge is -2.30. The first-order valence-corrected chi connectivity index (χ1v) is 11.1. The van der Waals surface area contributed by atoms with Crippen molar-refractivity contribution in [2.24, 2.45) is 0 Å². The number of esters is 1. The standard InChI is InChI=1S/C26H20N2O5S/c1-31-22-16-18(10-12-21(22)32-15-14-27)11-13-26(30)33-17-25(29)28-19-6-2-4-8-23(19)34-24-9-5-3-7-20(24)28/h2-13,16H,15,17H2,1H3. The van der Waals surface area contributed by atoms with Gasteiger partial charge in [0.15, 0.2) is 24.7 Å². The number of ether oxygens (including phenoxy) is 3. The number of nitriles is 1.